The Kier molecular flexibility index (Phi) is 4.31. The van der Waals surface area contributed by atoms with E-state index in [-0.39, 0.29) is 17.2 Å². The van der Waals surface area contributed by atoms with Crippen molar-refractivity contribution in [1.29, 1.82) is 0 Å². The van der Waals surface area contributed by atoms with Gasteiger partial charge in [0, 0.05) is 18.8 Å². The smallest absolute Gasteiger partial charge is 0.302 e. The Labute approximate surface area is 138 Å². The van der Waals surface area contributed by atoms with Crippen molar-refractivity contribution in [3.63, 3.8) is 0 Å². The zero-order chi connectivity index (χ0) is 16.6. The highest BCUT2D eigenvalue weighted by molar-refractivity contribution is 5.93. The SMILES string of the molecule is CC[C@H]1[C@@H]2CCC3=CC(=O)CCC3=C2C=C[C@]1(C)COC(C)=O. The van der Waals surface area contributed by atoms with Gasteiger partial charge in [-0.15, -0.1) is 0 Å². The highest BCUT2D eigenvalue weighted by Crippen LogP contribution is 2.51. The average Bonchev–Trinajstić information content (AvgIpc) is 2.52. The third-order valence-electron chi connectivity index (χ3n) is 5.82. The molecule has 3 aliphatic carbocycles. The maximum atomic E-state index is 11.7. The number of ether oxygens (including phenoxy) is 1. The van der Waals surface area contributed by atoms with Gasteiger partial charge in [-0.3, -0.25) is 9.59 Å². The molecule has 0 heterocycles. The Morgan fingerprint density at radius 1 is 1.35 bits per heavy atom. The van der Waals surface area contributed by atoms with Gasteiger partial charge in [0.15, 0.2) is 5.78 Å². The largest absolute Gasteiger partial charge is 0.465 e. The van der Waals surface area contributed by atoms with Crippen LogP contribution >= 0.6 is 0 Å². The molecule has 0 saturated heterocycles. The van der Waals surface area contributed by atoms with Gasteiger partial charge in [0.25, 0.3) is 0 Å². The summed E-state index contributed by atoms with van der Waals surface area (Å²) in [5.41, 5.74) is 4.00. The Balaban J connectivity index is 1.97. The van der Waals surface area contributed by atoms with E-state index in [0.717, 1.165) is 25.7 Å². The lowest BCUT2D eigenvalue weighted by Crippen LogP contribution is -2.40. The first-order chi connectivity index (χ1) is 10.9. The van der Waals surface area contributed by atoms with Crippen LogP contribution in [-0.4, -0.2) is 18.4 Å². The summed E-state index contributed by atoms with van der Waals surface area (Å²) in [7, 11) is 0. The molecule has 0 aromatic rings. The van der Waals surface area contributed by atoms with E-state index < -0.39 is 0 Å². The van der Waals surface area contributed by atoms with E-state index in [1.54, 1.807) is 0 Å². The van der Waals surface area contributed by atoms with Gasteiger partial charge < -0.3 is 4.74 Å². The Bertz CT molecular complexity index is 623. The molecule has 3 nitrogen and oxygen atoms in total. The quantitative estimate of drug-likeness (QED) is 0.735. The number of esters is 1. The first-order valence-corrected chi connectivity index (χ1v) is 8.74. The summed E-state index contributed by atoms with van der Waals surface area (Å²) in [5.74, 6) is 1.06. The second-order valence-electron chi connectivity index (χ2n) is 7.35. The zero-order valence-electron chi connectivity index (χ0n) is 14.4. The zero-order valence-corrected chi connectivity index (χ0v) is 14.4. The fourth-order valence-corrected chi connectivity index (χ4v) is 4.67. The molecule has 23 heavy (non-hydrogen) atoms. The second kappa shape index (κ2) is 6.10. The Hall–Kier alpha value is -1.64. The van der Waals surface area contributed by atoms with E-state index in [1.807, 2.05) is 6.08 Å². The molecule has 3 atom stereocenters. The van der Waals surface area contributed by atoms with Crippen molar-refractivity contribution < 1.29 is 14.3 Å². The van der Waals surface area contributed by atoms with Gasteiger partial charge in [-0.05, 0) is 53.9 Å². The van der Waals surface area contributed by atoms with Crippen molar-refractivity contribution in [2.45, 2.75) is 52.9 Å². The Morgan fingerprint density at radius 3 is 2.83 bits per heavy atom. The van der Waals surface area contributed by atoms with Crippen LogP contribution in [-0.2, 0) is 14.3 Å². The first kappa shape index (κ1) is 16.2. The maximum absolute atomic E-state index is 11.7. The maximum Gasteiger partial charge on any atom is 0.302 e. The predicted molar refractivity (Wildman–Crippen MR) is 89.7 cm³/mol. The van der Waals surface area contributed by atoms with Crippen LogP contribution in [0.25, 0.3) is 0 Å². The van der Waals surface area contributed by atoms with E-state index >= 15 is 0 Å². The number of hydrogen-bond acceptors (Lipinski definition) is 3. The third-order valence-corrected chi connectivity index (χ3v) is 5.82. The van der Waals surface area contributed by atoms with Crippen molar-refractivity contribution in [2.75, 3.05) is 6.61 Å². The summed E-state index contributed by atoms with van der Waals surface area (Å²) >= 11 is 0. The molecule has 0 amide bonds. The molecule has 0 bridgehead atoms. The first-order valence-electron chi connectivity index (χ1n) is 8.74. The van der Waals surface area contributed by atoms with Crippen LogP contribution in [0.15, 0.2) is 34.9 Å². The molecule has 0 aliphatic heterocycles. The van der Waals surface area contributed by atoms with Crippen LogP contribution in [0.5, 0.6) is 0 Å². The van der Waals surface area contributed by atoms with Crippen LogP contribution < -0.4 is 0 Å². The predicted octanol–water partition coefficient (Wildman–Crippen LogP) is 4.15. The number of hydrogen-bond donors (Lipinski definition) is 0. The van der Waals surface area contributed by atoms with Crippen LogP contribution in [0.3, 0.4) is 0 Å². The number of fused-ring (bicyclic) bond motifs is 2. The van der Waals surface area contributed by atoms with Gasteiger partial charge in [-0.2, -0.15) is 0 Å². The molecule has 3 rings (SSSR count). The molecular weight excluding hydrogens is 288 g/mol. The minimum Gasteiger partial charge on any atom is -0.465 e. The fourth-order valence-electron chi connectivity index (χ4n) is 4.67. The molecule has 3 aliphatic rings. The van der Waals surface area contributed by atoms with Gasteiger partial charge in [0.05, 0.1) is 0 Å². The normalized spacial score (nSPS) is 33.0. The summed E-state index contributed by atoms with van der Waals surface area (Å²) in [5, 5.41) is 0. The molecule has 0 aromatic heterocycles. The van der Waals surface area contributed by atoms with Crippen molar-refractivity contribution in [1.82, 2.24) is 0 Å². The fraction of sp³-hybridized carbons (Fsp3) is 0.600. The van der Waals surface area contributed by atoms with Crippen molar-refractivity contribution in [3.05, 3.63) is 34.9 Å². The highest BCUT2D eigenvalue weighted by atomic mass is 16.5. The highest BCUT2D eigenvalue weighted by Gasteiger charge is 2.43. The molecule has 3 heteroatoms. The van der Waals surface area contributed by atoms with Gasteiger partial charge in [-0.1, -0.05) is 32.4 Å². The standard InChI is InChI=1S/C20H26O3/c1-4-19-18-7-5-14-11-15(22)6-8-16(14)17(18)9-10-20(19,3)12-23-13(2)21/h9-11,18-19H,4-8,12H2,1-3H3/t18-,19+,20-/m1/s1. The van der Waals surface area contributed by atoms with Crippen molar-refractivity contribution >= 4 is 11.8 Å². The minimum atomic E-state index is -0.210. The summed E-state index contributed by atoms with van der Waals surface area (Å²) in [6, 6.07) is 0. The monoisotopic (exact) mass is 314 g/mol. The summed E-state index contributed by atoms with van der Waals surface area (Å²) in [4.78, 5) is 22.9. The molecule has 0 aromatic carbocycles. The topological polar surface area (TPSA) is 43.4 Å². The van der Waals surface area contributed by atoms with Crippen LogP contribution in [0, 0.1) is 17.3 Å². The summed E-state index contributed by atoms with van der Waals surface area (Å²) in [6.45, 7) is 6.37. The molecule has 0 fully saturated rings. The average molecular weight is 314 g/mol. The lowest BCUT2D eigenvalue weighted by Gasteiger charge is -2.46. The van der Waals surface area contributed by atoms with Crippen LogP contribution in [0.4, 0.5) is 0 Å². The van der Waals surface area contributed by atoms with Crippen molar-refractivity contribution in [3.8, 4) is 0 Å². The summed E-state index contributed by atoms with van der Waals surface area (Å²) in [6.07, 6.45) is 11.0. The summed E-state index contributed by atoms with van der Waals surface area (Å²) < 4.78 is 5.35. The lowest BCUT2D eigenvalue weighted by molar-refractivity contribution is -0.144. The van der Waals surface area contributed by atoms with Gasteiger partial charge in [0.2, 0.25) is 0 Å². The molecule has 0 N–H and O–H groups in total. The molecule has 0 saturated carbocycles. The molecule has 124 valence electrons. The molecule has 0 radical (unpaired) electrons. The Morgan fingerprint density at radius 2 is 2.13 bits per heavy atom. The van der Waals surface area contributed by atoms with Gasteiger partial charge >= 0.3 is 5.97 Å². The number of carbonyl (C=O) groups excluding carboxylic acids is 2. The van der Waals surface area contributed by atoms with Crippen LogP contribution in [0.2, 0.25) is 0 Å². The number of rotatable bonds is 3. The molecular formula is C20H26O3. The molecule has 0 unspecified atom stereocenters. The lowest BCUT2D eigenvalue weighted by atomic mass is 9.59. The van der Waals surface area contributed by atoms with E-state index in [2.05, 4.69) is 26.0 Å². The van der Waals surface area contributed by atoms with Crippen molar-refractivity contribution in [2.24, 2.45) is 17.3 Å². The third kappa shape index (κ3) is 2.93. The van der Waals surface area contributed by atoms with E-state index in [1.165, 1.54) is 23.6 Å². The second-order valence-corrected chi connectivity index (χ2v) is 7.35. The van der Waals surface area contributed by atoms with Gasteiger partial charge in [0.1, 0.15) is 6.61 Å². The van der Waals surface area contributed by atoms with E-state index in [4.69, 9.17) is 4.74 Å². The van der Waals surface area contributed by atoms with Crippen LogP contribution in [0.1, 0.15) is 52.9 Å². The number of ketones is 1. The van der Waals surface area contributed by atoms with E-state index in [0.29, 0.717) is 24.9 Å². The molecule has 0 spiro atoms. The van der Waals surface area contributed by atoms with Gasteiger partial charge in [-0.25, -0.2) is 0 Å². The number of carbonyl (C=O) groups is 2. The van der Waals surface area contributed by atoms with E-state index in [9.17, 15) is 9.59 Å². The minimum absolute atomic E-state index is 0.0964. The number of allylic oxidation sites excluding steroid dienone is 5.